The summed E-state index contributed by atoms with van der Waals surface area (Å²) in [4.78, 5) is 18.5. The molecule has 47 nitrogen and oxygen atoms in total. The second kappa shape index (κ2) is 51.6. The van der Waals surface area contributed by atoms with E-state index in [1.807, 2.05) is 0 Å². The molecule has 9 saturated heterocycles. The van der Waals surface area contributed by atoms with E-state index < -0.39 is 262 Å². The van der Waals surface area contributed by atoms with E-state index >= 15 is 0 Å². The summed E-state index contributed by atoms with van der Waals surface area (Å²) in [5.41, 5.74) is 29.8. The van der Waals surface area contributed by atoms with E-state index in [-0.39, 0.29) is 45.6 Å². The number of aliphatic hydroxyl groups is 27. The first-order valence-corrected chi connectivity index (χ1v) is 36.3. The molecule has 9 aliphatic rings. The molecule has 43 atom stereocenters. The van der Waals surface area contributed by atoms with Crippen LogP contribution in [0.15, 0.2) is 15.3 Å². The molecule has 9 fully saturated rings. The van der Waals surface area contributed by atoms with E-state index in [4.69, 9.17) is 95.6 Å². The normalized spacial score (nSPS) is 46.6. The molecular formula is C63H122N10O37S. The topological polar surface area (TPSA) is 819 Å². The summed E-state index contributed by atoms with van der Waals surface area (Å²) >= 11 is 3.96. The first kappa shape index (κ1) is 105. The molecule has 111 heavy (non-hydrogen) atoms. The van der Waals surface area contributed by atoms with E-state index in [1.165, 1.54) is 0 Å². The van der Waals surface area contributed by atoms with Crippen molar-refractivity contribution in [2.24, 2.45) is 21.1 Å². The molecule has 652 valence electrons. The number of nitrogens with two attached hydrogens (primary N) is 1. The SMILES string of the molecule is CC1O[C@@H](C)C(O)[C@@H](O)C1=O.CC1O[C@H](C)C(O)C(O)[C@H]1O.C[C@@H]1OC(CN)[C@@H](O)[C@H](O)C1O.C[C@@H]1OC(CN=[N+]=[N-])[C@@H](O)[C@H](O)C1O.C[C@@H]1OC(CO)[C@@H](N=[N+]=[N-])[C@H](O)C1O.C[C@@H]1OC(CO)[C@@H](O)[C@H](N=[N+]=[N-])C1O.C[C@@H]1OC(CO)[C@@H](O)[C@H](O)C1O.C[C@@H]1OC(CS)[C@@H](O)[C@H](O)C1O.C[C@H]1C[C@@H](O)[C@H](O)C(CO)O1. The first-order chi connectivity index (χ1) is 51.7. The number of nitrogens with zero attached hydrogens (tertiary/aromatic N) is 9. The van der Waals surface area contributed by atoms with Crippen LogP contribution in [-0.2, 0) is 47.4 Å². The van der Waals surface area contributed by atoms with Gasteiger partial charge < -0.3 is 186 Å². The van der Waals surface area contributed by atoms with Gasteiger partial charge in [0.1, 0.15) is 140 Å². The maximum atomic E-state index is 10.9. The quantitative estimate of drug-likeness (QED) is 0.0418. The maximum absolute atomic E-state index is 10.9. The van der Waals surface area contributed by atoms with Gasteiger partial charge in [0.05, 0.1) is 155 Å². The van der Waals surface area contributed by atoms with Crippen molar-refractivity contribution in [1.29, 1.82) is 0 Å². The Labute approximate surface area is 644 Å². The van der Waals surface area contributed by atoms with E-state index in [1.54, 1.807) is 76.2 Å². The van der Waals surface area contributed by atoms with E-state index in [2.05, 4.69) is 42.7 Å². The van der Waals surface area contributed by atoms with E-state index in [0.29, 0.717) is 12.2 Å². The van der Waals surface area contributed by atoms with Gasteiger partial charge in [-0.15, -0.1) is 0 Å². The Morgan fingerprint density at radius 3 is 1.05 bits per heavy atom. The number of carbonyl (C=O) groups excluding carboxylic acids is 1. The Bertz CT molecular complexity index is 2600. The van der Waals surface area contributed by atoms with Crippen LogP contribution in [0.3, 0.4) is 0 Å². The lowest BCUT2D eigenvalue weighted by Crippen LogP contribution is -2.58. The first-order valence-electron chi connectivity index (χ1n) is 35.7. The fourth-order valence-electron chi connectivity index (χ4n) is 12.0. The van der Waals surface area contributed by atoms with Crippen LogP contribution in [0.4, 0.5) is 0 Å². The van der Waals surface area contributed by atoms with Crippen LogP contribution in [0, 0.1) is 0 Å². The van der Waals surface area contributed by atoms with Gasteiger partial charge in [0, 0.05) is 33.5 Å². The Morgan fingerprint density at radius 1 is 0.342 bits per heavy atom. The lowest BCUT2D eigenvalue weighted by atomic mass is 9.94. The van der Waals surface area contributed by atoms with Crippen LogP contribution in [-0.4, -0.2) is 451 Å². The van der Waals surface area contributed by atoms with Gasteiger partial charge in [-0.2, -0.15) is 12.6 Å². The second-order valence-electron chi connectivity index (χ2n) is 27.7. The van der Waals surface area contributed by atoms with Gasteiger partial charge in [-0.25, -0.2) is 0 Å². The summed E-state index contributed by atoms with van der Waals surface area (Å²) in [5.74, 6) is -0.120. The summed E-state index contributed by atoms with van der Waals surface area (Å²) in [7, 11) is 0. The third kappa shape index (κ3) is 30.7. The van der Waals surface area contributed by atoms with Gasteiger partial charge in [-0.05, 0) is 92.8 Å². The highest BCUT2D eigenvalue weighted by Crippen LogP contribution is 2.29. The van der Waals surface area contributed by atoms with Gasteiger partial charge in [0.2, 0.25) is 0 Å². The minimum Gasteiger partial charge on any atom is -0.394 e. The molecule has 18 unspecified atom stereocenters. The van der Waals surface area contributed by atoms with Gasteiger partial charge in [-0.3, -0.25) is 4.79 Å². The average molecular weight is 1640 g/mol. The maximum Gasteiger partial charge on any atom is 0.192 e. The second-order valence-corrected chi connectivity index (χ2v) is 28.1. The number of Topliss-reactive ketones (excluding diaryl/α,β-unsaturated/α-hetero) is 1. The van der Waals surface area contributed by atoms with Gasteiger partial charge in [0.25, 0.3) is 0 Å². The third-order valence-electron chi connectivity index (χ3n) is 19.3. The monoisotopic (exact) mass is 1640 g/mol. The number of hydrogen-bond acceptors (Lipinski definition) is 42. The van der Waals surface area contributed by atoms with Crippen molar-refractivity contribution in [2.45, 2.75) is 345 Å². The Hall–Kier alpha value is -3.53. The van der Waals surface area contributed by atoms with Crippen molar-refractivity contribution in [3.8, 4) is 0 Å². The van der Waals surface area contributed by atoms with Gasteiger partial charge in [-0.1, -0.05) is 15.3 Å². The van der Waals surface area contributed by atoms with Crippen LogP contribution < -0.4 is 5.73 Å². The average Bonchev–Trinajstić information content (AvgIpc) is 0.802. The fraction of sp³-hybridized carbons (Fsp3) is 0.984. The van der Waals surface area contributed by atoms with Crippen molar-refractivity contribution >= 4 is 18.4 Å². The summed E-state index contributed by atoms with van der Waals surface area (Å²) < 4.78 is 46.1. The number of rotatable bonds is 10. The van der Waals surface area contributed by atoms with Crippen molar-refractivity contribution < 1.29 is 185 Å². The molecule has 0 aromatic heterocycles. The predicted octanol–water partition coefficient (Wildman–Crippen LogP) is -11.2. The van der Waals surface area contributed by atoms with Crippen molar-refractivity contribution in [3.05, 3.63) is 31.3 Å². The predicted molar refractivity (Wildman–Crippen MR) is 379 cm³/mol. The molecule has 0 aromatic carbocycles. The van der Waals surface area contributed by atoms with Crippen LogP contribution in [0.2, 0.25) is 0 Å². The zero-order chi connectivity index (χ0) is 85.7. The van der Waals surface area contributed by atoms with Crippen molar-refractivity contribution in [1.82, 2.24) is 0 Å². The molecule has 29 N–H and O–H groups in total. The molecule has 0 radical (unpaired) electrons. The van der Waals surface area contributed by atoms with E-state index in [0.717, 1.165) is 0 Å². The molecule has 0 bridgehead atoms. The fourth-order valence-corrected chi connectivity index (χ4v) is 12.3. The number of thiol groups is 1. The third-order valence-corrected chi connectivity index (χ3v) is 19.7. The number of ether oxygens (including phenoxy) is 9. The van der Waals surface area contributed by atoms with E-state index in [9.17, 15) is 112 Å². The molecule has 0 aliphatic carbocycles. The summed E-state index contributed by atoms with van der Waals surface area (Å²) in [5, 5.41) is 259. The number of carbonyl (C=O) groups is 1. The molecular weight excluding hydrogens is 1520 g/mol. The zero-order valence-electron chi connectivity index (χ0n) is 63.2. The molecule has 9 rings (SSSR count). The minimum atomic E-state index is -1.28. The van der Waals surface area contributed by atoms with Gasteiger partial charge >= 0.3 is 0 Å². The standard InChI is InChI=1S/3C7H13N3O4.C7H15NO4.C7H14O5.C7H14O4S.2C7H14O4.C7H12O4/c1-3-6(12)5(9-10-8)7(13)4(2-11)14-3;1-3-6(12)7(13)5(9-10-8)4(2-11)14-3;1-3-5(11)7(13)6(12)4(14-3)2-9-10-8;2*1-3-5(9)7(11)6(10)4(2-8)12-3;1-3-5(8)7(10)6(9)4(2-12)11-3;1-4-2-5(9)7(10)6(3-8)11-4;2*1-3-5(8)7(10)6(9)4(2)11-3/h3*3-7,11-13H,2H2,1H3;3-7,9-11H,2,8H2,1H3;3-11H,2H2,1H3;3-10,12H,2H2,1H3;4-10H,2-3H2,1H3;3-10H,1-2H3;3-5,7-8,10H,1-2H3/t3-,4?,5+,6?,7+;3-,4?,5+,6?,7-;4*3-,4?,5?,6+,7+;4-,5+,6?,7-;3-,4?,5?,6+,7?;3-,4?,5?,7+/m000000010/s1. The van der Waals surface area contributed by atoms with Crippen molar-refractivity contribution in [3.63, 3.8) is 0 Å². The highest BCUT2D eigenvalue weighted by Gasteiger charge is 2.48. The highest BCUT2D eigenvalue weighted by molar-refractivity contribution is 7.80. The Balaban J connectivity index is 0.000000625. The lowest BCUT2D eigenvalue weighted by molar-refractivity contribution is -0.224. The smallest absolute Gasteiger partial charge is 0.192 e. The van der Waals surface area contributed by atoms with Crippen LogP contribution >= 0.6 is 12.6 Å². The number of ketones is 1. The summed E-state index contributed by atoms with van der Waals surface area (Å²) in [6.45, 7) is 16.6. The molecule has 48 heteroatoms. The van der Waals surface area contributed by atoms with Gasteiger partial charge in [0.15, 0.2) is 5.78 Å². The summed E-state index contributed by atoms with van der Waals surface area (Å²) in [6, 6.07) is -1.92. The molecule has 9 heterocycles. The molecule has 0 amide bonds. The number of aliphatic hydroxyl groups excluding tert-OH is 27. The largest absolute Gasteiger partial charge is 0.394 e. The van der Waals surface area contributed by atoms with Crippen LogP contribution in [0.1, 0.15) is 82.6 Å². The molecule has 9 aliphatic heterocycles. The number of hydrogen-bond donors (Lipinski definition) is 29. The number of azide groups is 3. The highest BCUT2D eigenvalue weighted by atomic mass is 32.1. The molecule has 0 saturated carbocycles. The summed E-state index contributed by atoms with van der Waals surface area (Å²) in [6.07, 6.45) is -35.1. The molecule has 0 aromatic rings. The van der Waals surface area contributed by atoms with Crippen LogP contribution in [0.5, 0.6) is 0 Å². The molecule has 0 spiro atoms. The lowest BCUT2D eigenvalue weighted by Gasteiger charge is -2.39. The Kier molecular flexibility index (Phi) is 49.1. The zero-order valence-corrected chi connectivity index (χ0v) is 64.1. The van der Waals surface area contributed by atoms with Crippen LogP contribution in [0.25, 0.3) is 31.3 Å². The Morgan fingerprint density at radius 2 is 0.649 bits per heavy atom. The van der Waals surface area contributed by atoms with Crippen molar-refractivity contribution in [2.75, 3.05) is 45.3 Å². The minimum absolute atomic E-state index is 0.0637.